The summed E-state index contributed by atoms with van der Waals surface area (Å²) in [5, 5.41) is 20.4. The second kappa shape index (κ2) is 11.9. The molecule has 37 heavy (non-hydrogen) atoms. The number of pyridine rings is 1. The van der Waals surface area contributed by atoms with Gasteiger partial charge in [0.1, 0.15) is 12.3 Å². The Labute approximate surface area is 214 Å². The molecule has 0 aliphatic rings. The molecule has 0 aliphatic heterocycles. The van der Waals surface area contributed by atoms with Gasteiger partial charge in [0.15, 0.2) is 0 Å². The molecule has 0 aliphatic carbocycles. The van der Waals surface area contributed by atoms with Gasteiger partial charge >= 0.3 is 0 Å². The second-order valence-corrected chi connectivity index (χ2v) is 8.12. The van der Waals surface area contributed by atoms with Crippen LogP contribution in [0.15, 0.2) is 54.7 Å². The molecular formula is C26H26N8O3. The van der Waals surface area contributed by atoms with Crippen molar-refractivity contribution in [3.63, 3.8) is 0 Å². The lowest BCUT2D eigenvalue weighted by Crippen LogP contribution is -2.19. The summed E-state index contributed by atoms with van der Waals surface area (Å²) in [6.45, 7) is 2.31. The van der Waals surface area contributed by atoms with Gasteiger partial charge in [0, 0.05) is 19.8 Å². The average Bonchev–Trinajstić information content (AvgIpc) is 3.38. The second-order valence-electron chi connectivity index (χ2n) is 8.12. The normalized spacial score (nSPS) is 11.6. The Hall–Kier alpha value is -4.53. The highest BCUT2D eigenvalue weighted by molar-refractivity contribution is 5.90. The molecule has 1 unspecified atom stereocenters. The van der Waals surface area contributed by atoms with E-state index in [0.29, 0.717) is 34.8 Å². The lowest BCUT2D eigenvalue weighted by Gasteiger charge is -2.13. The van der Waals surface area contributed by atoms with Crippen molar-refractivity contribution in [3.05, 3.63) is 71.7 Å². The van der Waals surface area contributed by atoms with Crippen LogP contribution in [0.5, 0.6) is 0 Å². The molecule has 0 spiro atoms. The van der Waals surface area contributed by atoms with Gasteiger partial charge in [-0.05, 0) is 36.8 Å². The highest BCUT2D eigenvalue weighted by Gasteiger charge is 2.15. The number of hydrogen-bond acceptors (Lipinski definition) is 9. The minimum atomic E-state index is -0.396. The molecule has 1 aromatic carbocycles. The molecule has 0 saturated carbocycles. The van der Waals surface area contributed by atoms with E-state index in [-0.39, 0.29) is 18.7 Å². The van der Waals surface area contributed by atoms with Crippen LogP contribution in [0.25, 0.3) is 22.6 Å². The summed E-state index contributed by atoms with van der Waals surface area (Å²) in [6, 6.07) is 16.7. The van der Waals surface area contributed by atoms with Crippen LogP contribution in [-0.4, -0.2) is 56.7 Å². The predicted molar refractivity (Wildman–Crippen MR) is 135 cm³/mol. The summed E-state index contributed by atoms with van der Waals surface area (Å²) in [5.41, 5.74) is 4.32. The van der Waals surface area contributed by atoms with Crippen molar-refractivity contribution in [1.29, 1.82) is 5.26 Å². The standard InChI is InChI=1S/C26H26N8O3/c1-4-24(37-3)20-10-6-9-19(28-20)14-34-15-23(32-33-34)22-12-21(18-8-5-7-17(11-18)13-27)29-26(30-22)31-25(35)16-36-2/h5-12,15,24H,4,14,16H2,1-3H3,(H,29,30,31,35). The first-order valence-corrected chi connectivity index (χ1v) is 11.6. The maximum atomic E-state index is 12.1. The van der Waals surface area contributed by atoms with Crippen LogP contribution in [0.4, 0.5) is 5.95 Å². The Morgan fingerprint density at radius 3 is 2.65 bits per heavy atom. The molecule has 0 fully saturated rings. The number of aromatic nitrogens is 6. The summed E-state index contributed by atoms with van der Waals surface area (Å²) in [7, 11) is 3.10. The lowest BCUT2D eigenvalue weighted by atomic mass is 10.1. The number of amides is 1. The maximum Gasteiger partial charge on any atom is 0.252 e. The minimum Gasteiger partial charge on any atom is -0.375 e. The number of nitriles is 1. The van der Waals surface area contributed by atoms with Gasteiger partial charge in [0.2, 0.25) is 5.95 Å². The van der Waals surface area contributed by atoms with Crippen molar-refractivity contribution in [2.75, 3.05) is 26.1 Å². The fourth-order valence-corrected chi connectivity index (χ4v) is 3.74. The number of nitrogens with one attached hydrogen (secondary N) is 1. The van der Waals surface area contributed by atoms with Crippen LogP contribution in [0.1, 0.15) is 36.4 Å². The van der Waals surface area contributed by atoms with E-state index in [1.165, 1.54) is 7.11 Å². The molecule has 1 N–H and O–H groups in total. The van der Waals surface area contributed by atoms with Gasteiger partial charge in [-0.2, -0.15) is 5.26 Å². The summed E-state index contributed by atoms with van der Waals surface area (Å²) in [4.78, 5) is 25.8. The van der Waals surface area contributed by atoms with E-state index in [4.69, 9.17) is 14.5 Å². The molecule has 3 aromatic heterocycles. The molecule has 0 radical (unpaired) electrons. The van der Waals surface area contributed by atoms with Crippen LogP contribution < -0.4 is 5.32 Å². The number of anilines is 1. The number of rotatable bonds is 10. The Morgan fingerprint density at radius 1 is 1.08 bits per heavy atom. The number of methoxy groups -OCH3 is 2. The SMILES string of the molecule is CCC(OC)c1cccc(Cn2cc(-c3cc(-c4cccc(C#N)c4)nc(NC(=O)COC)n3)nn2)n1. The smallest absolute Gasteiger partial charge is 0.252 e. The summed E-state index contributed by atoms with van der Waals surface area (Å²) >= 11 is 0. The van der Waals surface area contributed by atoms with Crippen molar-refractivity contribution in [2.24, 2.45) is 0 Å². The highest BCUT2D eigenvalue weighted by Crippen LogP contribution is 2.25. The largest absolute Gasteiger partial charge is 0.375 e. The van der Waals surface area contributed by atoms with E-state index >= 15 is 0 Å². The van der Waals surface area contributed by atoms with Crippen molar-refractivity contribution < 1.29 is 14.3 Å². The summed E-state index contributed by atoms with van der Waals surface area (Å²) < 4.78 is 12.1. The number of nitrogens with zero attached hydrogens (tertiary/aromatic N) is 7. The zero-order chi connectivity index (χ0) is 26.2. The van der Waals surface area contributed by atoms with E-state index < -0.39 is 5.91 Å². The number of carbonyl (C=O) groups is 1. The molecule has 4 rings (SSSR count). The third-order valence-electron chi connectivity index (χ3n) is 5.48. The molecule has 188 valence electrons. The van der Waals surface area contributed by atoms with Crippen molar-refractivity contribution in [3.8, 4) is 28.7 Å². The first-order chi connectivity index (χ1) is 18.0. The number of benzene rings is 1. The van der Waals surface area contributed by atoms with E-state index in [9.17, 15) is 10.1 Å². The van der Waals surface area contributed by atoms with Crippen LogP contribution >= 0.6 is 0 Å². The molecule has 3 heterocycles. The minimum absolute atomic E-state index is 0.0722. The van der Waals surface area contributed by atoms with Gasteiger partial charge in [0.25, 0.3) is 5.91 Å². The quantitative estimate of drug-likeness (QED) is 0.348. The topological polar surface area (TPSA) is 141 Å². The summed E-state index contributed by atoms with van der Waals surface area (Å²) in [5.74, 6) is -0.307. The molecule has 4 aromatic rings. The van der Waals surface area contributed by atoms with Crippen LogP contribution in [0.2, 0.25) is 0 Å². The van der Waals surface area contributed by atoms with Gasteiger partial charge in [0.05, 0.1) is 53.3 Å². The zero-order valence-corrected chi connectivity index (χ0v) is 20.8. The first-order valence-electron chi connectivity index (χ1n) is 11.6. The Balaban J connectivity index is 1.66. The number of hydrogen-bond donors (Lipinski definition) is 1. The van der Waals surface area contributed by atoms with Crippen molar-refractivity contribution in [1.82, 2.24) is 29.9 Å². The van der Waals surface area contributed by atoms with Gasteiger partial charge in [-0.15, -0.1) is 5.10 Å². The van der Waals surface area contributed by atoms with Gasteiger partial charge in [-0.3, -0.25) is 15.1 Å². The predicted octanol–water partition coefficient (Wildman–Crippen LogP) is 3.40. The molecule has 11 heteroatoms. The summed E-state index contributed by atoms with van der Waals surface area (Å²) in [6.07, 6.45) is 2.49. The lowest BCUT2D eigenvalue weighted by molar-refractivity contribution is -0.119. The van der Waals surface area contributed by atoms with Crippen LogP contribution in [0.3, 0.4) is 0 Å². The molecule has 1 atom stereocenters. The fraction of sp³-hybridized carbons (Fsp3) is 0.269. The van der Waals surface area contributed by atoms with Crippen LogP contribution in [-0.2, 0) is 20.8 Å². The zero-order valence-electron chi connectivity index (χ0n) is 20.8. The fourth-order valence-electron chi connectivity index (χ4n) is 3.74. The van der Waals surface area contributed by atoms with Gasteiger partial charge in [-0.25, -0.2) is 14.6 Å². The molecule has 1 amide bonds. The molecule has 0 bridgehead atoms. The van der Waals surface area contributed by atoms with Crippen LogP contribution in [0, 0.1) is 11.3 Å². The molecular weight excluding hydrogens is 472 g/mol. The Morgan fingerprint density at radius 2 is 1.89 bits per heavy atom. The van der Waals surface area contributed by atoms with E-state index in [0.717, 1.165) is 17.8 Å². The van der Waals surface area contributed by atoms with E-state index in [1.807, 2.05) is 31.2 Å². The third-order valence-corrected chi connectivity index (χ3v) is 5.48. The monoisotopic (exact) mass is 498 g/mol. The third kappa shape index (κ3) is 6.38. The highest BCUT2D eigenvalue weighted by atomic mass is 16.5. The van der Waals surface area contributed by atoms with Crippen molar-refractivity contribution in [2.45, 2.75) is 26.0 Å². The van der Waals surface area contributed by atoms with Gasteiger partial charge < -0.3 is 9.47 Å². The maximum absolute atomic E-state index is 12.1. The average molecular weight is 499 g/mol. The number of carbonyl (C=O) groups excluding carboxylic acids is 1. The number of ether oxygens (including phenoxy) is 2. The van der Waals surface area contributed by atoms with E-state index in [1.54, 1.807) is 42.3 Å². The Kier molecular flexibility index (Phi) is 8.25. The molecule has 0 saturated heterocycles. The Bertz CT molecular complexity index is 1430. The van der Waals surface area contributed by atoms with Gasteiger partial charge in [-0.1, -0.05) is 30.3 Å². The van der Waals surface area contributed by atoms with E-state index in [2.05, 4.69) is 31.7 Å². The van der Waals surface area contributed by atoms with Crippen molar-refractivity contribution >= 4 is 11.9 Å². The first kappa shape index (κ1) is 25.6. The molecule has 11 nitrogen and oxygen atoms in total.